The molecule has 0 saturated carbocycles. The van der Waals surface area contributed by atoms with Gasteiger partial charge in [-0.05, 0) is 0 Å². The molecule has 0 aliphatic heterocycles. The summed E-state index contributed by atoms with van der Waals surface area (Å²) in [4.78, 5) is 12.6. The molecule has 0 radical (unpaired) electrons. The Balaban J connectivity index is 0. The summed E-state index contributed by atoms with van der Waals surface area (Å²) in [7, 11) is 0. The molecule has 0 aromatic heterocycles. The fourth-order valence-corrected chi connectivity index (χ4v) is 0.0527. The van der Waals surface area contributed by atoms with Gasteiger partial charge in [-0.3, -0.25) is 10.1 Å². The highest BCUT2D eigenvalue weighted by atomic mass is 17.1. The van der Waals surface area contributed by atoms with Gasteiger partial charge in [0.15, 0.2) is 0 Å². The van der Waals surface area contributed by atoms with Crippen LogP contribution in [0.3, 0.4) is 0 Å². The summed E-state index contributed by atoms with van der Waals surface area (Å²) >= 11 is 0. The molecule has 0 saturated heterocycles. The van der Waals surface area contributed by atoms with E-state index in [1.807, 2.05) is 0 Å². The first-order chi connectivity index (χ1) is 4.15. The van der Waals surface area contributed by atoms with E-state index in [4.69, 9.17) is 15.2 Å². The highest BCUT2D eigenvalue weighted by molar-refractivity contribution is 5.62. The summed E-state index contributed by atoms with van der Waals surface area (Å²) in [5.74, 6) is -0.833. The van der Waals surface area contributed by atoms with Gasteiger partial charge in [0.05, 0.1) is 6.61 Å². The van der Waals surface area contributed by atoms with Crippen LogP contribution in [0.5, 0.6) is 0 Å². The van der Waals surface area contributed by atoms with Gasteiger partial charge < -0.3 is 5.11 Å². The second kappa shape index (κ2) is 10.2. The van der Waals surface area contributed by atoms with Gasteiger partial charge in [-0.25, -0.2) is 4.89 Å². The molecule has 0 aromatic carbocycles. The summed E-state index contributed by atoms with van der Waals surface area (Å²) in [5.41, 5.74) is 0. The summed E-state index contributed by atoms with van der Waals surface area (Å²) in [6.07, 6.45) is 1.46. The maximum atomic E-state index is 9.00. The lowest BCUT2D eigenvalue weighted by Gasteiger charge is -1.76. The lowest BCUT2D eigenvalue weighted by Crippen LogP contribution is -1.78. The molecule has 4 nitrogen and oxygen atoms in total. The Morgan fingerprint density at radius 1 is 1.89 bits per heavy atom. The predicted molar refractivity (Wildman–Crippen MR) is 32.1 cm³/mol. The predicted octanol–water partition coefficient (Wildman–Crippen LogP) is 0.753. The summed E-state index contributed by atoms with van der Waals surface area (Å²) in [6.45, 7) is 4.56. The minimum Gasteiger partial charge on any atom is -0.481 e. The van der Waals surface area contributed by atoms with Crippen LogP contribution in [0, 0.1) is 0 Å². The Morgan fingerprint density at radius 3 is 2.22 bits per heavy atom. The van der Waals surface area contributed by atoms with Crippen LogP contribution in [0.2, 0.25) is 0 Å². The molecule has 0 heterocycles. The van der Waals surface area contributed by atoms with Crippen LogP contribution in [0.1, 0.15) is 6.92 Å². The number of carbonyl (C=O) groups is 1. The number of aliphatic carboxylic acids is 1. The molecule has 4 heteroatoms. The van der Waals surface area contributed by atoms with E-state index in [0.717, 1.165) is 6.92 Å². The first-order valence-electron chi connectivity index (χ1n) is 2.22. The molecule has 0 rings (SSSR count). The summed E-state index contributed by atoms with van der Waals surface area (Å²) < 4.78 is 0. The van der Waals surface area contributed by atoms with Crippen molar-refractivity contribution in [2.75, 3.05) is 6.61 Å². The van der Waals surface area contributed by atoms with Crippen LogP contribution >= 0.6 is 0 Å². The van der Waals surface area contributed by atoms with Crippen molar-refractivity contribution < 1.29 is 20.0 Å². The van der Waals surface area contributed by atoms with Gasteiger partial charge in [-0.1, -0.05) is 6.08 Å². The summed E-state index contributed by atoms with van der Waals surface area (Å²) in [5, 5.41) is 14.9. The van der Waals surface area contributed by atoms with E-state index in [-0.39, 0.29) is 6.61 Å². The first-order valence-corrected chi connectivity index (χ1v) is 2.22. The van der Waals surface area contributed by atoms with Crippen molar-refractivity contribution in [3.63, 3.8) is 0 Å². The first kappa shape index (κ1) is 11.0. The Morgan fingerprint density at radius 2 is 2.22 bits per heavy atom. The van der Waals surface area contributed by atoms with Gasteiger partial charge in [0, 0.05) is 6.92 Å². The maximum Gasteiger partial charge on any atom is 0.300 e. The molecular weight excluding hydrogens is 124 g/mol. The van der Waals surface area contributed by atoms with Gasteiger partial charge in [-0.15, -0.1) is 6.58 Å². The molecule has 0 bridgehead atoms. The molecule has 0 aromatic rings. The van der Waals surface area contributed by atoms with E-state index in [2.05, 4.69) is 11.5 Å². The van der Waals surface area contributed by atoms with Crippen LogP contribution in [0.4, 0.5) is 0 Å². The van der Waals surface area contributed by atoms with Crippen molar-refractivity contribution in [3.05, 3.63) is 12.7 Å². The number of rotatable bonds is 2. The third kappa shape index (κ3) is 147. The minimum atomic E-state index is -0.833. The molecule has 54 valence electrons. The molecule has 0 aliphatic carbocycles. The van der Waals surface area contributed by atoms with E-state index in [0.29, 0.717) is 0 Å². The molecule has 0 spiro atoms. The Labute approximate surface area is 53.3 Å². The van der Waals surface area contributed by atoms with Crippen molar-refractivity contribution in [2.24, 2.45) is 0 Å². The fraction of sp³-hybridized carbons (Fsp3) is 0.400. The van der Waals surface area contributed by atoms with Gasteiger partial charge in [0.2, 0.25) is 0 Å². The lowest BCUT2D eigenvalue weighted by molar-refractivity contribution is -0.231. The van der Waals surface area contributed by atoms with Crippen molar-refractivity contribution in [3.8, 4) is 0 Å². The Bertz CT molecular complexity index is 75.0. The topological polar surface area (TPSA) is 66.8 Å². The number of carboxylic acids is 1. The van der Waals surface area contributed by atoms with E-state index >= 15 is 0 Å². The highest BCUT2D eigenvalue weighted by Crippen LogP contribution is 1.60. The van der Waals surface area contributed by atoms with Crippen LogP contribution in [-0.2, 0) is 9.68 Å². The second-order valence-electron chi connectivity index (χ2n) is 1.10. The zero-order valence-electron chi connectivity index (χ0n) is 5.20. The van der Waals surface area contributed by atoms with Crippen molar-refractivity contribution >= 4 is 5.97 Å². The second-order valence-corrected chi connectivity index (χ2v) is 1.10. The van der Waals surface area contributed by atoms with Crippen molar-refractivity contribution in [2.45, 2.75) is 6.92 Å². The Kier molecular flexibility index (Phi) is 12.4. The number of hydrogen-bond donors (Lipinski definition) is 2. The van der Waals surface area contributed by atoms with Gasteiger partial charge in [0.1, 0.15) is 0 Å². The summed E-state index contributed by atoms with van der Waals surface area (Å²) in [6, 6.07) is 0. The molecule has 0 aliphatic rings. The average Bonchev–Trinajstić information content (AvgIpc) is 1.66. The smallest absolute Gasteiger partial charge is 0.300 e. The SMILES string of the molecule is C=CCOO.CC(=O)O. The maximum absolute atomic E-state index is 9.00. The third-order valence-corrected chi connectivity index (χ3v) is 0.192. The van der Waals surface area contributed by atoms with Crippen LogP contribution in [-0.4, -0.2) is 22.9 Å². The Hall–Kier alpha value is -0.870. The normalized spacial score (nSPS) is 6.89. The minimum absolute atomic E-state index is 0.208. The zero-order valence-corrected chi connectivity index (χ0v) is 5.20. The largest absolute Gasteiger partial charge is 0.481 e. The van der Waals surface area contributed by atoms with Gasteiger partial charge in [0.25, 0.3) is 5.97 Å². The van der Waals surface area contributed by atoms with E-state index in [1.54, 1.807) is 0 Å². The number of carboxylic acid groups (broad SMARTS) is 1. The van der Waals surface area contributed by atoms with Crippen LogP contribution < -0.4 is 0 Å². The van der Waals surface area contributed by atoms with Crippen molar-refractivity contribution in [1.29, 1.82) is 0 Å². The molecule has 2 N–H and O–H groups in total. The highest BCUT2D eigenvalue weighted by Gasteiger charge is 1.65. The molecule has 0 unspecified atom stereocenters. The monoisotopic (exact) mass is 134 g/mol. The third-order valence-electron chi connectivity index (χ3n) is 0.192. The van der Waals surface area contributed by atoms with E-state index < -0.39 is 5.97 Å². The van der Waals surface area contributed by atoms with Crippen molar-refractivity contribution in [1.82, 2.24) is 0 Å². The lowest BCUT2D eigenvalue weighted by atomic mass is 10.7. The molecule has 9 heavy (non-hydrogen) atoms. The van der Waals surface area contributed by atoms with Crippen LogP contribution in [0.25, 0.3) is 0 Å². The van der Waals surface area contributed by atoms with Gasteiger partial charge >= 0.3 is 0 Å². The zero-order chi connectivity index (χ0) is 7.70. The molecule has 0 fully saturated rings. The van der Waals surface area contributed by atoms with Crippen LogP contribution in [0.15, 0.2) is 12.7 Å². The average molecular weight is 134 g/mol. The van der Waals surface area contributed by atoms with E-state index in [1.165, 1.54) is 6.08 Å². The molecular formula is C5H10O4. The molecule has 0 atom stereocenters. The quantitative estimate of drug-likeness (QED) is 0.332. The van der Waals surface area contributed by atoms with Gasteiger partial charge in [-0.2, -0.15) is 0 Å². The van der Waals surface area contributed by atoms with E-state index in [9.17, 15) is 0 Å². The number of hydrogen-bond acceptors (Lipinski definition) is 3. The molecule has 0 amide bonds. The fourth-order valence-electron chi connectivity index (χ4n) is 0.0527. The standard InChI is InChI=1S/C3H6O2.C2H4O2/c1-2-3-5-4;1-2(3)4/h2,4H,1,3H2;1H3,(H,3,4).